The van der Waals surface area contributed by atoms with Gasteiger partial charge < -0.3 is 10.1 Å². The molecule has 1 fully saturated rings. The monoisotopic (exact) mass is 409 g/mol. The third-order valence-electron chi connectivity index (χ3n) is 4.63. The molecule has 2 rings (SSSR count). The Labute approximate surface area is 166 Å². The van der Waals surface area contributed by atoms with E-state index in [1.807, 2.05) is 0 Å². The Morgan fingerprint density at radius 1 is 1.29 bits per heavy atom. The van der Waals surface area contributed by atoms with Crippen LogP contribution in [0.15, 0.2) is 23.1 Å². The van der Waals surface area contributed by atoms with Crippen molar-refractivity contribution in [1.82, 2.24) is 10.6 Å². The van der Waals surface area contributed by atoms with Crippen molar-refractivity contribution in [2.45, 2.75) is 43.5 Å². The molecule has 9 nitrogen and oxygen atoms in total. The van der Waals surface area contributed by atoms with Crippen LogP contribution in [-0.4, -0.2) is 41.7 Å². The lowest BCUT2D eigenvalue weighted by molar-refractivity contribution is -0.387. The Balaban J connectivity index is 1.85. The number of nitrogens with one attached hydrogen (secondary N) is 2. The fourth-order valence-electron chi connectivity index (χ4n) is 3.07. The van der Waals surface area contributed by atoms with Gasteiger partial charge in [0.05, 0.1) is 15.4 Å². The summed E-state index contributed by atoms with van der Waals surface area (Å²) < 4.78 is 4.85. The fraction of sp³-hybridized carbons (Fsp3) is 0.500. The van der Waals surface area contributed by atoms with E-state index >= 15 is 0 Å². The number of nitro benzene ring substituents is 1. The first kappa shape index (κ1) is 21.7. The minimum absolute atomic E-state index is 0.0135. The van der Waals surface area contributed by atoms with Gasteiger partial charge in [-0.05, 0) is 37.1 Å². The van der Waals surface area contributed by atoms with E-state index in [2.05, 4.69) is 17.6 Å². The van der Waals surface area contributed by atoms with Crippen LogP contribution in [0.1, 0.15) is 43.0 Å². The van der Waals surface area contributed by atoms with Crippen LogP contribution in [0.5, 0.6) is 0 Å². The molecule has 1 aromatic carbocycles. The van der Waals surface area contributed by atoms with E-state index in [4.69, 9.17) is 4.74 Å². The summed E-state index contributed by atoms with van der Waals surface area (Å²) in [5.41, 5.74) is -0.259. The highest BCUT2D eigenvalue weighted by Crippen LogP contribution is 2.28. The predicted molar refractivity (Wildman–Crippen MR) is 103 cm³/mol. The zero-order valence-corrected chi connectivity index (χ0v) is 16.5. The van der Waals surface area contributed by atoms with Crippen LogP contribution in [0.25, 0.3) is 0 Å². The maximum atomic E-state index is 12.0. The summed E-state index contributed by atoms with van der Waals surface area (Å²) in [6.07, 6.45) is 5.73. The quantitative estimate of drug-likeness (QED) is 0.320. The number of hydrogen-bond donors (Lipinski definition) is 2. The van der Waals surface area contributed by atoms with Crippen molar-refractivity contribution < 1.29 is 24.0 Å². The van der Waals surface area contributed by atoms with Gasteiger partial charge in [0.25, 0.3) is 11.6 Å². The predicted octanol–water partition coefficient (Wildman–Crippen LogP) is 2.88. The summed E-state index contributed by atoms with van der Waals surface area (Å²) >= 11 is 1.18. The summed E-state index contributed by atoms with van der Waals surface area (Å²) in [4.78, 5) is 46.7. The van der Waals surface area contributed by atoms with Gasteiger partial charge in [-0.3, -0.25) is 20.2 Å². The van der Waals surface area contributed by atoms with Crippen molar-refractivity contribution in [3.8, 4) is 0 Å². The standard InChI is InChI=1S/C18H23N3O6S/c1-11-5-3-4-6-13(11)19-18(24)20-16(22)10-27-17(23)12-7-8-15(28-2)14(9-12)21(25)26/h7-9,11,13H,3-6,10H2,1-2H3,(H2,19,20,22,24)/t11-,13-/m1/s1. The van der Waals surface area contributed by atoms with E-state index in [0.717, 1.165) is 31.7 Å². The van der Waals surface area contributed by atoms with Crippen LogP contribution in [-0.2, 0) is 9.53 Å². The molecule has 28 heavy (non-hydrogen) atoms. The van der Waals surface area contributed by atoms with Crippen LogP contribution < -0.4 is 10.6 Å². The molecule has 0 aromatic heterocycles. The second-order valence-electron chi connectivity index (χ2n) is 6.61. The summed E-state index contributed by atoms with van der Waals surface area (Å²) in [6, 6.07) is 3.32. The Bertz CT molecular complexity index is 770. The Morgan fingerprint density at radius 3 is 2.64 bits per heavy atom. The van der Waals surface area contributed by atoms with Crippen LogP contribution in [0, 0.1) is 16.0 Å². The second kappa shape index (κ2) is 10.1. The van der Waals surface area contributed by atoms with E-state index in [-0.39, 0.29) is 17.3 Å². The molecule has 2 N–H and O–H groups in total. The van der Waals surface area contributed by atoms with Crippen LogP contribution in [0.4, 0.5) is 10.5 Å². The zero-order valence-electron chi connectivity index (χ0n) is 15.7. The molecule has 0 radical (unpaired) electrons. The third-order valence-corrected chi connectivity index (χ3v) is 5.41. The number of nitro groups is 1. The number of imide groups is 1. The first-order valence-corrected chi connectivity index (χ1v) is 10.1. The summed E-state index contributed by atoms with van der Waals surface area (Å²) in [5.74, 6) is -1.32. The van der Waals surface area contributed by atoms with E-state index in [1.54, 1.807) is 6.26 Å². The van der Waals surface area contributed by atoms with Crippen molar-refractivity contribution in [1.29, 1.82) is 0 Å². The molecular weight excluding hydrogens is 386 g/mol. The molecule has 3 amide bonds. The number of amides is 3. The minimum atomic E-state index is -0.882. The molecule has 0 unspecified atom stereocenters. The van der Waals surface area contributed by atoms with Crippen LogP contribution >= 0.6 is 11.8 Å². The number of ether oxygens (including phenoxy) is 1. The number of esters is 1. The number of urea groups is 1. The molecule has 10 heteroatoms. The van der Waals surface area contributed by atoms with Crippen LogP contribution in [0.3, 0.4) is 0 Å². The Kier molecular flexibility index (Phi) is 7.80. The number of thioether (sulfide) groups is 1. The topological polar surface area (TPSA) is 128 Å². The first-order chi connectivity index (χ1) is 13.3. The molecular formula is C18H23N3O6S. The molecule has 1 saturated carbocycles. The fourth-order valence-corrected chi connectivity index (χ4v) is 3.62. The Morgan fingerprint density at radius 2 is 2.00 bits per heavy atom. The van der Waals surface area contributed by atoms with Gasteiger partial charge in [0.2, 0.25) is 0 Å². The molecule has 0 spiro atoms. The molecule has 1 aromatic rings. The zero-order chi connectivity index (χ0) is 20.7. The summed E-state index contributed by atoms with van der Waals surface area (Å²) in [6.45, 7) is 1.39. The molecule has 1 aliphatic rings. The molecule has 0 aliphatic heterocycles. The minimum Gasteiger partial charge on any atom is -0.452 e. The first-order valence-electron chi connectivity index (χ1n) is 8.91. The van der Waals surface area contributed by atoms with E-state index in [1.165, 1.54) is 23.9 Å². The van der Waals surface area contributed by atoms with E-state index < -0.39 is 29.4 Å². The molecule has 2 atom stereocenters. The average molecular weight is 409 g/mol. The third kappa shape index (κ3) is 5.95. The van der Waals surface area contributed by atoms with Gasteiger partial charge in [0, 0.05) is 12.1 Å². The molecule has 0 bridgehead atoms. The largest absolute Gasteiger partial charge is 0.452 e. The maximum absolute atomic E-state index is 12.0. The Hall–Kier alpha value is -2.62. The van der Waals surface area contributed by atoms with E-state index in [9.17, 15) is 24.5 Å². The van der Waals surface area contributed by atoms with Crippen molar-refractivity contribution in [2.24, 2.45) is 5.92 Å². The van der Waals surface area contributed by atoms with Crippen molar-refractivity contribution in [2.75, 3.05) is 12.9 Å². The molecule has 152 valence electrons. The molecule has 0 heterocycles. The lowest BCUT2D eigenvalue weighted by Crippen LogP contribution is -2.48. The van der Waals surface area contributed by atoms with Crippen molar-refractivity contribution in [3.63, 3.8) is 0 Å². The van der Waals surface area contributed by atoms with Gasteiger partial charge in [-0.1, -0.05) is 19.8 Å². The van der Waals surface area contributed by atoms with Gasteiger partial charge in [-0.15, -0.1) is 11.8 Å². The summed E-state index contributed by atoms with van der Waals surface area (Å²) in [5, 5.41) is 15.9. The van der Waals surface area contributed by atoms with Crippen LogP contribution in [0.2, 0.25) is 0 Å². The second-order valence-corrected chi connectivity index (χ2v) is 7.46. The lowest BCUT2D eigenvalue weighted by atomic mass is 9.86. The van der Waals surface area contributed by atoms with Gasteiger partial charge in [0.15, 0.2) is 6.61 Å². The highest BCUT2D eigenvalue weighted by atomic mass is 32.2. The number of carbonyl (C=O) groups excluding carboxylic acids is 3. The smallest absolute Gasteiger partial charge is 0.338 e. The molecule has 0 saturated heterocycles. The average Bonchev–Trinajstić information content (AvgIpc) is 2.67. The molecule has 1 aliphatic carbocycles. The highest BCUT2D eigenvalue weighted by molar-refractivity contribution is 7.98. The SMILES string of the molecule is CSc1ccc(C(=O)OCC(=O)NC(=O)N[C@@H]2CCCC[C@H]2C)cc1[N+](=O)[O-]. The van der Waals surface area contributed by atoms with Gasteiger partial charge >= 0.3 is 12.0 Å². The maximum Gasteiger partial charge on any atom is 0.338 e. The van der Waals surface area contributed by atoms with Crippen molar-refractivity contribution >= 4 is 35.4 Å². The number of nitrogens with zero attached hydrogens (tertiary/aromatic N) is 1. The van der Waals surface area contributed by atoms with E-state index in [0.29, 0.717) is 10.8 Å². The summed E-state index contributed by atoms with van der Waals surface area (Å²) in [7, 11) is 0. The van der Waals surface area contributed by atoms with Gasteiger partial charge in [0.1, 0.15) is 0 Å². The lowest BCUT2D eigenvalue weighted by Gasteiger charge is -2.29. The van der Waals surface area contributed by atoms with Gasteiger partial charge in [-0.25, -0.2) is 9.59 Å². The normalized spacial score (nSPS) is 18.8. The highest BCUT2D eigenvalue weighted by Gasteiger charge is 2.24. The van der Waals surface area contributed by atoms with Crippen molar-refractivity contribution in [3.05, 3.63) is 33.9 Å². The number of benzene rings is 1. The number of carbonyl (C=O) groups is 3. The number of hydrogen-bond acceptors (Lipinski definition) is 7. The number of rotatable bonds is 6. The van der Waals surface area contributed by atoms with Gasteiger partial charge in [-0.2, -0.15) is 0 Å².